The number of fused-ring (bicyclic) bond motifs is 1. The van der Waals surface area contributed by atoms with E-state index in [-0.39, 0.29) is 23.1 Å². The molecule has 3 aromatic rings. The zero-order valence-corrected chi connectivity index (χ0v) is 14.2. The summed E-state index contributed by atoms with van der Waals surface area (Å²) < 4.78 is 2.12. The molecule has 0 spiro atoms. The molecule has 1 aromatic carbocycles. The van der Waals surface area contributed by atoms with Gasteiger partial charge >= 0.3 is 0 Å². The summed E-state index contributed by atoms with van der Waals surface area (Å²) in [5.74, 6) is 1.45. The monoisotopic (exact) mass is 349 g/mol. The van der Waals surface area contributed by atoms with Crippen molar-refractivity contribution in [3.63, 3.8) is 0 Å². The van der Waals surface area contributed by atoms with Crippen molar-refractivity contribution in [3.05, 3.63) is 70.4 Å². The standard InChI is InChI=1S/C19H19N5O2/c25-18-15(7-4-11-20-18)19(26)21-14-8-9-16-22-23-17(24(16)12-10-14)13-5-2-1-3-6-13/h1-7,11,14H,8-10,12H2,(H,20,25)(H,21,26). The summed E-state index contributed by atoms with van der Waals surface area (Å²) in [7, 11) is 0. The molecule has 3 heterocycles. The predicted molar refractivity (Wildman–Crippen MR) is 96.7 cm³/mol. The minimum Gasteiger partial charge on any atom is -0.349 e. The molecule has 1 atom stereocenters. The first-order valence-electron chi connectivity index (χ1n) is 8.68. The third-order valence-electron chi connectivity index (χ3n) is 4.67. The molecule has 7 nitrogen and oxygen atoms in total. The fourth-order valence-corrected chi connectivity index (χ4v) is 3.30. The molecule has 0 aliphatic carbocycles. The van der Waals surface area contributed by atoms with Crippen LogP contribution >= 0.6 is 0 Å². The fourth-order valence-electron chi connectivity index (χ4n) is 3.30. The average Bonchev–Trinajstić information content (AvgIpc) is 2.97. The van der Waals surface area contributed by atoms with E-state index in [1.54, 1.807) is 6.07 Å². The Hall–Kier alpha value is -3.22. The Morgan fingerprint density at radius 1 is 1.12 bits per heavy atom. The molecule has 0 bridgehead atoms. The van der Waals surface area contributed by atoms with Crippen LogP contribution < -0.4 is 10.9 Å². The molecule has 0 saturated heterocycles. The number of aromatic nitrogens is 4. The lowest BCUT2D eigenvalue weighted by Gasteiger charge is -2.16. The second-order valence-electron chi connectivity index (χ2n) is 6.37. The van der Waals surface area contributed by atoms with E-state index in [0.717, 1.165) is 43.0 Å². The highest BCUT2D eigenvalue weighted by Crippen LogP contribution is 2.22. The molecule has 26 heavy (non-hydrogen) atoms. The number of carbonyl (C=O) groups excluding carboxylic acids is 1. The van der Waals surface area contributed by atoms with Gasteiger partial charge in [-0.1, -0.05) is 30.3 Å². The van der Waals surface area contributed by atoms with Gasteiger partial charge < -0.3 is 14.9 Å². The SMILES string of the molecule is O=C(NC1CCc2nnc(-c3ccccc3)n2CC1)c1ccc[nH]c1=O. The predicted octanol–water partition coefficient (Wildman–Crippen LogP) is 1.77. The van der Waals surface area contributed by atoms with Crippen LogP contribution in [-0.2, 0) is 13.0 Å². The second kappa shape index (κ2) is 6.95. The van der Waals surface area contributed by atoms with E-state index in [0.29, 0.717) is 0 Å². The van der Waals surface area contributed by atoms with Crippen molar-refractivity contribution >= 4 is 5.91 Å². The molecule has 0 radical (unpaired) electrons. The number of hydrogen-bond acceptors (Lipinski definition) is 4. The molecule has 0 saturated carbocycles. The van der Waals surface area contributed by atoms with Gasteiger partial charge in [-0.3, -0.25) is 9.59 Å². The van der Waals surface area contributed by atoms with Crippen LogP contribution in [0.1, 0.15) is 29.0 Å². The van der Waals surface area contributed by atoms with Crippen molar-refractivity contribution in [1.82, 2.24) is 25.1 Å². The molecule has 132 valence electrons. The summed E-state index contributed by atoms with van der Waals surface area (Å²) >= 11 is 0. The molecule has 1 amide bonds. The third kappa shape index (κ3) is 3.15. The van der Waals surface area contributed by atoms with Crippen molar-refractivity contribution in [2.24, 2.45) is 0 Å². The van der Waals surface area contributed by atoms with Gasteiger partial charge in [0.2, 0.25) is 0 Å². The molecular formula is C19H19N5O2. The lowest BCUT2D eigenvalue weighted by molar-refractivity contribution is 0.0931. The van der Waals surface area contributed by atoms with Gasteiger partial charge in [-0.15, -0.1) is 10.2 Å². The highest BCUT2D eigenvalue weighted by molar-refractivity contribution is 5.93. The number of nitrogens with zero attached hydrogens (tertiary/aromatic N) is 3. The Morgan fingerprint density at radius 2 is 1.96 bits per heavy atom. The lowest BCUT2D eigenvalue weighted by atomic mass is 10.1. The number of benzene rings is 1. The van der Waals surface area contributed by atoms with E-state index in [9.17, 15) is 9.59 Å². The molecule has 1 aliphatic rings. The van der Waals surface area contributed by atoms with Gasteiger partial charge in [0.1, 0.15) is 11.4 Å². The molecular weight excluding hydrogens is 330 g/mol. The molecule has 2 N–H and O–H groups in total. The first-order chi connectivity index (χ1) is 12.7. The van der Waals surface area contributed by atoms with Crippen molar-refractivity contribution in [1.29, 1.82) is 0 Å². The quantitative estimate of drug-likeness (QED) is 0.754. The average molecular weight is 349 g/mol. The van der Waals surface area contributed by atoms with Gasteiger partial charge in [-0.25, -0.2) is 0 Å². The summed E-state index contributed by atoms with van der Waals surface area (Å²) in [4.78, 5) is 26.7. The van der Waals surface area contributed by atoms with Crippen LogP contribution in [0.5, 0.6) is 0 Å². The number of pyridine rings is 1. The highest BCUT2D eigenvalue weighted by Gasteiger charge is 2.23. The van der Waals surface area contributed by atoms with E-state index in [2.05, 4.69) is 25.1 Å². The van der Waals surface area contributed by atoms with Gasteiger partial charge in [0.15, 0.2) is 5.82 Å². The van der Waals surface area contributed by atoms with Gasteiger partial charge in [-0.2, -0.15) is 0 Å². The smallest absolute Gasteiger partial charge is 0.260 e. The summed E-state index contributed by atoms with van der Waals surface area (Å²) in [5, 5.41) is 11.6. The zero-order chi connectivity index (χ0) is 17.9. The Bertz CT molecular complexity index is 977. The molecule has 1 aliphatic heterocycles. The summed E-state index contributed by atoms with van der Waals surface area (Å²) in [6, 6.07) is 13.1. The maximum absolute atomic E-state index is 12.4. The maximum Gasteiger partial charge on any atom is 0.260 e. The number of nitrogens with one attached hydrogen (secondary N) is 2. The van der Waals surface area contributed by atoms with Crippen LogP contribution in [0.2, 0.25) is 0 Å². The Morgan fingerprint density at radius 3 is 2.77 bits per heavy atom. The zero-order valence-electron chi connectivity index (χ0n) is 14.2. The van der Waals surface area contributed by atoms with Crippen LogP contribution in [0, 0.1) is 0 Å². The number of aromatic amines is 1. The molecule has 4 rings (SSSR count). The van der Waals surface area contributed by atoms with Crippen LogP contribution in [0.25, 0.3) is 11.4 Å². The summed E-state index contributed by atoms with van der Waals surface area (Å²) in [6.07, 6.45) is 3.78. The number of rotatable bonds is 3. The topological polar surface area (TPSA) is 92.7 Å². The second-order valence-corrected chi connectivity index (χ2v) is 6.37. The number of amides is 1. The normalized spacial score (nSPS) is 16.5. The Labute approximate surface area is 150 Å². The van der Waals surface area contributed by atoms with E-state index >= 15 is 0 Å². The Balaban J connectivity index is 1.49. The largest absolute Gasteiger partial charge is 0.349 e. The summed E-state index contributed by atoms with van der Waals surface area (Å²) in [5.41, 5.74) is 0.799. The van der Waals surface area contributed by atoms with Gasteiger partial charge in [-0.05, 0) is 25.0 Å². The number of carbonyl (C=O) groups is 1. The van der Waals surface area contributed by atoms with Crippen LogP contribution in [-0.4, -0.2) is 31.7 Å². The van der Waals surface area contributed by atoms with Crippen LogP contribution in [0.4, 0.5) is 0 Å². The minimum absolute atomic E-state index is 0.00701. The number of hydrogen-bond donors (Lipinski definition) is 2. The minimum atomic E-state index is -0.373. The van der Waals surface area contributed by atoms with Crippen molar-refractivity contribution in [3.8, 4) is 11.4 Å². The van der Waals surface area contributed by atoms with E-state index in [1.807, 2.05) is 30.3 Å². The maximum atomic E-state index is 12.4. The number of aryl methyl sites for hydroxylation is 1. The van der Waals surface area contributed by atoms with Crippen molar-refractivity contribution in [2.75, 3.05) is 0 Å². The van der Waals surface area contributed by atoms with Gasteiger partial charge in [0.25, 0.3) is 11.5 Å². The van der Waals surface area contributed by atoms with Gasteiger partial charge in [0.05, 0.1) is 0 Å². The lowest BCUT2D eigenvalue weighted by Crippen LogP contribution is -2.37. The van der Waals surface area contributed by atoms with Crippen LogP contribution in [0.15, 0.2) is 53.5 Å². The summed E-state index contributed by atoms with van der Waals surface area (Å²) in [6.45, 7) is 0.725. The molecule has 2 aromatic heterocycles. The first kappa shape index (κ1) is 16.3. The van der Waals surface area contributed by atoms with Crippen molar-refractivity contribution < 1.29 is 4.79 Å². The molecule has 7 heteroatoms. The van der Waals surface area contributed by atoms with E-state index < -0.39 is 0 Å². The van der Waals surface area contributed by atoms with Crippen molar-refractivity contribution in [2.45, 2.75) is 31.8 Å². The van der Waals surface area contributed by atoms with E-state index in [1.165, 1.54) is 12.3 Å². The first-order valence-corrected chi connectivity index (χ1v) is 8.68. The molecule has 0 fully saturated rings. The fraction of sp³-hybridized carbons (Fsp3) is 0.263. The highest BCUT2D eigenvalue weighted by atomic mass is 16.2. The molecule has 1 unspecified atom stereocenters. The Kier molecular flexibility index (Phi) is 4.35. The third-order valence-corrected chi connectivity index (χ3v) is 4.67. The number of H-pyrrole nitrogens is 1. The van der Waals surface area contributed by atoms with E-state index in [4.69, 9.17) is 0 Å². The van der Waals surface area contributed by atoms with Gasteiger partial charge in [0, 0.05) is 30.8 Å². The van der Waals surface area contributed by atoms with Crippen LogP contribution in [0.3, 0.4) is 0 Å².